The first kappa shape index (κ1) is 30.3. The van der Waals surface area contributed by atoms with Crippen molar-refractivity contribution in [3.8, 4) is 5.88 Å². The molecule has 45 heavy (non-hydrogen) atoms. The van der Waals surface area contributed by atoms with E-state index in [-0.39, 0.29) is 42.1 Å². The molecule has 2 unspecified atom stereocenters. The maximum absolute atomic E-state index is 13.7. The van der Waals surface area contributed by atoms with E-state index in [1.807, 2.05) is 22.0 Å². The molecule has 6 heterocycles. The summed E-state index contributed by atoms with van der Waals surface area (Å²) in [4.78, 5) is 17.2. The molecule has 1 saturated carbocycles. The Labute approximate surface area is 260 Å². The SMILES string of the molecule is NCC1(n2cc(C3N=CN=C4NC=CC43)cn2)CC(N2CCC(Oc3cc(CN4CCC[C@H]4CO)cc(C(F)(F)F)n3)CC2)C1. The first-order valence-corrected chi connectivity index (χ1v) is 15.9. The molecule has 3 fully saturated rings. The average Bonchev–Trinajstić information content (AvgIpc) is 3.78. The molecule has 4 aliphatic heterocycles. The summed E-state index contributed by atoms with van der Waals surface area (Å²) in [6.07, 6.45) is 9.69. The predicted octanol–water partition coefficient (Wildman–Crippen LogP) is 2.83. The second kappa shape index (κ2) is 12.1. The molecular formula is C31H40F3N9O2. The van der Waals surface area contributed by atoms with Crippen LogP contribution in [0.3, 0.4) is 0 Å². The van der Waals surface area contributed by atoms with Gasteiger partial charge in [-0.1, -0.05) is 6.08 Å². The van der Waals surface area contributed by atoms with Gasteiger partial charge in [-0.3, -0.25) is 19.5 Å². The third-order valence-corrected chi connectivity index (χ3v) is 10.2. The highest BCUT2D eigenvalue weighted by atomic mass is 19.4. The van der Waals surface area contributed by atoms with Crippen molar-refractivity contribution in [2.24, 2.45) is 21.6 Å². The van der Waals surface area contributed by atoms with E-state index in [0.717, 1.165) is 62.8 Å². The van der Waals surface area contributed by atoms with Crippen LogP contribution in [0.2, 0.25) is 0 Å². The molecule has 5 aliphatic rings. The molecule has 14 heteroatoms. The number of aliphatic imine (C=N–C) groups is 2. The molecule has 0 spiro atoms. The third-order valence-electron chi connectivity index (χ3n) is 10.2. The van der Waals surface area contributed by atoms with Gasteiger partial charge in [0.05, 0.1) is 30.3 Å². The zero-order chi connectivity index (χ0) is 31.2. The fourth-order valence-corrected chi connectivity index (χ4v) is 7.56. The quantitative estimate of drug-likeness (QED) is 0.387. The standard InChI is InChI=1S/C31H40F3N9O2/c32-31(33,34)26-10-20(15-42-7-1-2-22(42)17-44)11-27(40-26)45-24-4-8-41(9-5-24)23-12-30(13-23,18-35)43-16-21(14-39-43)28-25-3-6-36-29(25)38-19-37-28/h3,6,10-11,14,16,19,22-25,28,44H,1-2,4-5,7-9,12-13,15,17-18,35H2,(H,36,37,38)/t22-,23?,25?,28?,30?/m0/s1. The predicted molar refractivity (Wildman–Crippen MR) is 162 cm³/mol. The summed E-state index contributed by atoms with van der Waals surface area (Å²) in [7, 11) is 0. The van der Waals surface area contributed by atoms with Crippen LogP contribution in [0.4, 0.5) is 13.2 Å². The Hall–Kier alpha value is -3.33. The molecule has 2 aromatic rings. The van der Waals surface area contributed by atoms with E-state index < -0.39 is 11.9 Å². The number of fused-ring (bicyclic) bond motifs is 1. The van der Waals surface area contributed by atoms with Crippen LogP contribution in [-0.2, 0) is 18.3 Å². The number of aromatic nitrogens is 3. The van der Waals surface area contributed by atoms with Crippen LogP contribution in [0.1, 0.15) is 61.4 Å². The monoisotopic (exact) mass is 627 g/mol. The van der Waals surface area contributed by atoms with Gasteiger partial charge >= 0.3 is 6.18 Å². The Morgan fingerprint density at radius 1 is 1.13 bits per heavy atom. The lowest BCUT2D eigenvalue weighted by Gasteiger charge is -2.52. The number of rotatable bonds is 9. The molecule has 11 nitrogen and oxygen atoms in total. The van der Waals surface area contributed by atoms with Crippen molar-refractivity contribution >= 4 is 12.2 Å². The summed E-state index contributed by atoms with van der Waals surface area (Å²) in [6.45, 7) is 3.13. The van der Waals surface area contributed by atoms with E-state index in [1.165, 1.54) is 0 Å². The minimum absolute atomic E-state index is 0.00227. The fourth-order valence-electron chi connectivity index (χ4n) is 7.56. The van der Waals surface area contributed by atoms with Crippen molar-refractivity contribution in [3.05, 3.63) is 53.6 Å². The van der Waals surface area contributed by atoms with Crippen LogP contribution in [0.15, 0.2) is 46.8 Å². The lowest BCUT2D eigenvalue weighted by Crippen LogP contribution is -2.61. The Balaban J connectivity index is 0.954. The molecule has 0 radical (unpaired) electrons. The number of likely N-dealkylation sites (tertiary alicyclic amines) is 2. The van der Waals surface area contributed by atoms with Gasteiger partial charge in [-0.2, -0.15) is 18.3 Å². The Morgan fingerprint density at radius 2 is 1.96 bits per heavy atom. The van der Waals surface area contributed by atoms with Crippen LogP contribution < -0.4 is 15.8 Å². The highest BCUT2D eigenvalue weighted by Gasteiger charge is 2.48. The maximum Gasteiger partial charge on any atom is 0.433 e. The van der Waals surface area contributed by atoms with E-state index in [9.17, 15) is 18.3 Å². The van der Waals surface area contributed by atoms with Gasteiger partial charge in [0.25, 0.3) is 0 Å². The molecule has 2 saturated heterocycles. The van der Waals surface area contributed by atoms with Gasteiger partial charge in [-0.15, -0.1) is 0 Å². The van der Waals surface area contributed by atoms with Crippen LogP contribution >= 0.6 is 0 Å². The van der Waals surface area contributed by atoms with E-state index in [0.29, 0.717) is 37.5 Å². The van der Waals surface area contributed by atoms with Crippen LogP contribution in [0, 0.1) is 5.92 Å². The van der Waals surface area contributed by atoms with Crippen molar-refractivity contribution in [1.82, 2.24) is 29.9 Å². The molecule has 0 aromatic carbocycles. The van der Waals surface area contributed by atoms with Crippen molar-refractivity contribution in [2.75, 3.05) is 32.8 Å². The molecule has 4 N–H and O–H groups in total. The topological polar surface area (TPSA) is 129 Å². The third kappa shape index (κ3) is 6.00. The second-order valence-electron chi connectivity index (χ2n) is 13.0. The Kier molecular flexibility index (Phi) is 8.17. The van der Waals surface area contributed by atoms with Gasteiger partial charge in [0.15, 0.2) is 0 Å². The highest BCUT2D eigenvalue weighted by Crippen LogP contribution is 2.43. The van der Waals surface area contributed by atoms with Crippen LogP contribution in [-0.4, -0.2) is 92.8 Å². The number of amidine groups is 1. The summed E-state index contributed by atoms with van der Waals surface area (Å²) in [5, 5.41) is 17.5. The largest absolute Gasteiger partial charge is 0.474 e. The van der Waals surface area contributed by atoms with Crippen molar-refractivity contribution in [1.29, 1.82) is 0 Å². The molecule has 7 rings (SSSR count). The number of hydrogen-bond acceptors (Lipinski definition) is 10. The Bertz CT molecular complexity index is 1460. The zero-order valence-corrected chi connectivity index (χ0v) is 25.1. The molecule has 2 aromatic heterocycles. The summed E-state index contributed by atoms with van der Waals surface area (Å²) < 4.78 is 49.3. The zero-order valence-electron chi connectivity index (χ0n) is 25.1. The number of nitrogens with one attached hydrogen (secondary N) is 1. The average molecular weight is 628 g/mol. The number of aliphatic hydroxyl groups excluding tert-OH is 1. The maximum atomic E-state index is 13.7. The molecule has 3 atom stereocenters. The number of pyridine rings is 1. The first-order chi connectivity index (χ1) is 21.7. The number of piperidine rings is 1. The molecule has 0 amide bonds. The molecular weight excluding hydrogens is 587 g/mol. The van der Waals surface area contributed by atoms with Gasteiger partial charge in [0.1, 0.15) is 24.0 Å². The van der Waals surface area contributed by atoms with E-state index in [1.54, 1.807) is 12.4 Å². The summed E-state index contributed by atoms with van der Waals surface area (Å²) >= 11 is 0. The van der Waals surface area contributed by atoms with Crippen molar-refractivity contribution in [2.45, 2.75) is 81.0 Å². The van der Waals surface area contributed by atoms with E-state index in [2.05, 4.69) is 37.5 Å². The lowest BCUT2D eigenvalue weighted by atomic mass is 9.71. The summed E-state index contributed by atoms with van der Waals surface area (Å²) in [5.41, 5.74) is 6.66. The number of ether oxygens (including phenoxy) is 1. The number of alkyl halides is 3. The van der Waals surface area contributed by atoms with Crippen LogP contribution in [0.5, 0.6) is 5.88 Å². The van der Waals surface area contributed by atoms with E-state index >= 15 is 0 Å². The second-order valence-corrected chi connectivity index (χ2v) is 13.0. The van der Waals surface area contributed by atoms with Crippen molar-refractivity contribution < 1.29 is 23.0 Å². The normalized spacial score (nSPS) is 30.6. The van der Waals surface area contributed by atoms with Crippen LogP contribution in [0.25, 0.3) is 0 Å². The lowest BCUT2D eigenvalue weighted by molar-refractivity contribution is -0.141. The number of nitrogens with zero attached hydrogens (tertiary/aromatic N) is 7. The number of aliphatic hydroxyl groups is 1. The van der Waals surface area contributed by atoms with Gasteiger partial charge in [0, 0.05) is 56.1 Å². The Morgan fingerprint density at radius 3 is 2.71 bits per heavy atom. The molecule has 0 bridgehead atoms. The van der Waals surface area contributed by atoms with E-state index in [4.69, 9.17) is 15.6 Å². The number of nitrogens with two attached hydrogens (primary N) is 1. The fraction of sp³-hybridized carbons (Fsp3) is 0.613. The van der Waals surface area contributed by atoms with Gasteiger partial charge in [-0.25, -0.2) is 9.98 Å². The van der Waals surface area contributed by atoms with Gasteiger partial charge in [-0.05, 0) is 62.9 Å². The minimum Gasteiger partial charge on any atom is -0.474 e. The van der Waals surface area contributed by atoms with Gasteiger partial charge < -0.3 is 20.9 Å². The number of hydrogen-bond donors (Lipinski definition) is 3. The minimum atomic E-state index is -4.57. The summed E-state index contributed by atoms with van der Waals surface area (Å²) in [5.74, 6) is 0.998. The number of halogens is 3. The van der Waals surface area contributed by atoms with Crippen molar-refractivity contribution in [3.63, 3.8) is 0 Å². The highest BCUT2D eigenvalue weighted by molar-refractivity contribution is 5.96. The smallest absolute Gasteiger partial charge is 0.433 e. The first-order valence-electron chi connectivity index (χ1n) is 15.9. The summed E-state index contributed by atoms with van der Waals surface area (Å²) in [6, 6.07) is 2.98. The molecule has 1 aliphatic carbocycles. The van der Waals surface area contributed by atoms with Gasteiger partial charge in [0.2, 0.25) is 5.88 Å². The molecule has 242 valence electrons.